The van der Waals surface area contributed by atoms with Crippen molar-refractivity contribution in [1.29, 1.82) is 0 Å². The van der Waals surface area contributed by atoms with Gasteiger partial charge in [0.2, 0.25) is 11.8 Å². The van der Waals surface area contributed by atoms with Crippen LogP contribution in [0.3, 0.4) is 0 Å². The molecule has 1 aliphatic rings. The Bertz CT molecular complexity index is 1370. The lowest BCUT2D eigenvalue weighted by Crippen LogP contribution is -2.45. The first kappa shape index (κ1) is 22.7. The Labute approximate surface area is 206 Å². The molecule has 0 aliphatic carbocycles. The summed E-state index contributed by atoms with van der Waals surface area (Å²) in [5.74, 6) is 1.65. The highest BCUT2D eigenvalue weighted by molar-refractivity contribution is 8.00. The minimum absolute atomic E-state index is 0.0328. The van der Waals surface area contributed by atoms with Crippen molar-refractivity contribution < 1.29 is 18.7 Å². The summed E-state index contributed by atoms with van der Waals surface area (Å²) >= 11 is 1.29. The molecule has 0 unspecified atom stereocenters. The smallest absolute Gasteiger partial charge is 0.244 e. The molecular weight excluding hydrogens is 466 g/mol. The number of hydrogen-bond acceptors (Lipinski definition) is 7. The average Bonchev–Trinajstić information content (AvgIpc) is 3.53. The maximum absolute atomic E-state index is 13.4. The molecule has 0 spiro atoms. The third-order valence-corrected chi connectivity index (χ3v) is 6.67. The highest BCUT2D eigenvalue weighted by Crippen LogP contribution is 2.33. The molecule has 2 aromatic heterocycles. The largest absolute Gasteiger partial charge is 0.497 e. The van der Waals surface area contributed by atoms with E-state index in [1.165, 1.54) is 16.7 Å². The van der Waals surface area contributed by atoms with Gasteiger partial charge >= 0.3 is 0 Å². The van der Waals surface area contributed by atoms with E-state index in [4.69, 9.17) is 9.15 Å². The van der Waals surface area contributed by atoms with Crippen molar-refractivity contribution in [2.45, 2.75) is 23.9 Å². The molecule has 1 aliphatic heterocycles. The van der Waals surface area contributed by atoms with Crippen LogP contribution in [0.15, 0.2) is 76.5 Å². The summed E-state index contributed by atoms with van der Waals surface area (Å²) in [6.45, 7) is 2.17. The van der Waals surface area contributed by atoms with Crippen LogP contribution in [0.4, 0.5) is 11.4 Å². The molecule has 5 rings (SSSR count). The molecule has 1 N–H and O–H groups in total. The fourth-order valence-corrected chi connectivity index (χ4v) is 4.82. The molecule has 0 bridgehead atoms. The molecule has 0 radical (unpaired) electrons. The fourth-order valence-electron chi connectivity index (χ4n) is 3.91. The van der Waals surface area contributed by atoms with Crippen LogP contribution < -0.4 is 15.0 Å². The Hall–Kier alpha value is -4.05. The molecule has 35 heavy (non-hydrogen) atoms. The van der Waals surface area contributed by atoms with Crippen LogP contribution in [0.5, 0.6) is 5.75 Å². The number of amides is 2. The van der Waals surface area contributed by atoms with Gasteiger partial charge in [-0.3, -0.25) is 19.1 Å². The number of carbonyl (C=O) groups is 2. The summed E-state index contributed by atoms with van der Waals surface area (Å²) in [7, 11) is 1.61. The van der Waals surface area contributed by atoms with Crippen LogP contribution in [0, 0.1) is 0 Å². The third kappa shape index (κ3) is 4.65. The predicted octanol–water partition coefficient (Wildman–Crippen LogP) is 4.06. The van der Waals surface area contributed by atoms with Crippen molar-refractivity contribution in [1.82, 2.24) is 14.8 Å². The van der Waals surface area contributed by atoms with Gasteiger partial charge in [-0.05, 0) is 43.3 Å². The predicted molar refractivity (Wildman–Crippen MR) is 133 cm³/mol. The minimum Gasteiger partial charge on any atom is -0.497 e. The number of para-hydroxylation sites is 2. The quantitative estimate of drug-likeness (QED) is 0.391. The molecule has 9 nitrogen and oxygen atoms in total. The van der Waals surface area contributed by atoms with E-state index in [0.29, 0.717) is 34.6 Å². The van der Waals surface area contributed by atoms with Gasteiger partial charge < -0.3 is 14.5 Å². The molecule has 178 valence electrons. The number of thioether (sulfide) groups is 1. The highest BCUT2D eigenvalue weighted by Gasteiger charge is 2.31. The van der Waals surface area contributed by atoms with E-state index in [9.17, 15) is 9.59 Å². The van der Waals surface area contributed by atoms with Crippen molar-refractivity contribution >= 4 is 35.0 Å². The third-order valence-electron chi connectivity index (χ3n) is 5.61. The lowest BCUT2D eigenvalue weighted by Gasteiger charge is -2.30. The number of nitrogens with zero attached hydrogens (tertiary/aromatic N) is 4. The van der Waals surface area contributed by atoms with E-state index in [0.717, 1.165) is 11.3 Å². The topological polar surface area (TPSA) is 102 Å². The number of methoxy groups -OCH3 is 1. The number of rotatable bonds is 7. The summed E-state index contributed by atoms with van der Waals surface area (Å²) in [6.07, 6.45) is 1.61. The normalized spacial score (nSPS) is 13.8. The van der Waals surface area contributed by atoms with Gasteiger partial charge in [0.1, 0.15) is 18.1 Å². The summed E-state index contributed by atoms with van der Waals surface area (Å²) < 4.78 is 12.8. The van der Waals surface area contributed by atoms with E-state index in [1.807, 2.05) is 59.2 Å². The van der Waals surface area contributed by atoms with Crippen LogP contribution in [0.1, 0.15) is 12.7 Å². The monoisotopic (exact) mass is 489 g/mol. The zero-order valence-electron chi connectivity index (χ0n) is 19.2. The van der Waals surface area contributed by atoms with E-state index >= 15 is 0 Å². The Kier molecular flexibility index (Phi) is 6.28. The van der Waals surface area contributed by atoms with E-state index in [-0.39, 0.29) is 18.4 Å². The summed E-state index contributed by atoms with van der Waals surface area (Å²) in [4.78, 5) is 27.2. The van der Waals surface area contributed by atoms with Gasteiger partial charge in [0.05, 0.1) is 36.5 Å². The molecule has 0 fully saturated rings. The van der Waals surface area contributed by atoms with Gasteiger partial charge in [-0.2, -0.15) is 0 Å². The van der Waals surface area contributed by atoms with E-state index < -0.39 is 5.25 Å². The number of ether oxygens (including phenoxy) is 1. The zero-order chi connectivity index (χ0) is 24.4. The van der Waals surface area contributed by atoms with Crippen LogP contribution >= 0.6 is 11.8 Å². The number of furan rings is 1. The second-order valence-electron chi connectivity index (χ2n) is 7.95. The van der Waals surface area contributed by atoms with Crippen molar-refractivity contribution in [3.63, 3.8) is 0 Å². The SMILES string of the molecule is COc1cccc(-c2nnc(S[C@@H](C)C(=O)N3CC(=O)Nc4ccccc43)n2Cc2ccco2)c1. The molecule has 0 saturated carbocycles. The van der Waals surface area contributed by atoms with Gasteiger partial charge in [0.25, 0.3) is 0 Å². The second-order valence-corrected chi connectivity index (χ2v) is 9.26. The molecule has 3 heterocycles. The number of hydrogen-bond donors (Lipinski definition) is 1. The van der Waals surface area contributed by atoms with Crippen molar-refractivity contribution in [2.75, 3.05) is 23.9 Å². The van der Waals surface area contributed by atoms with Crippen molar-refractivity contribution in [2.24, 2.45) is 0 Å². The summed E-state index contributed by atoms with van der Waals surface area (Å²) in [5, 5.41) is 11.7. The molecule has 2 aromatic carbocycles. The molecule has 10 heteroatoms. The average molecular weight is 490 g/mol. The van der Waals surface area contributed by atoms with E-state index in [1.54, 1.807) is 26.4 Å². The Morgan fingerprint density at radius 2 is 2.03 bits per heavy atom. The molecule has 1 atom stereocenters. The number of carbonyl (C=O) groups excluding carboxylic acids is 2. The number of fused-ring (bicyclic) bond motifs is 1. The summed E-state index contributed by atoms with van der Waals surface area (Å²) in [5.41, 5.74) is 2.13. The van der Waals surface area contributed by atoms with E-state index in [2.05, 4.69) is 15.5 Å². The first-order valence-corrected chi connectivity index (χ1v) is 11.9. The standard InChI is InChI=1S/C25H23N5O4S/c1-16(24(32)29-15-22(31)26-20-10-3-4-11-21(20)29)35-25-28-27-23(17-7-5-8-18(13-17)33-2)30(25)14-19-9-6-12-34-19/h3-13,16H,14-15H2,1-2H3,(H,26,31)/t16-/m0/s1. The first-order chi connectivity index (χ1) is 17.0. The van der Waals surface area contributed by atoms with Crippen LogP contribution in [0.25, 0.3) is 11.4 Å². The number of nitrogens with one attached hydrogen (secondary N) is 1. The molecular formula is C25H23N5O4S. The van der Waals surface area contributed by atoms with Gasteiger partial charge in [0.15, 0.2) is 11.0 Å². The summed E-state index contributed by atoms with van der Waals surface area (Å²) in [6, 6.07) is 18.5. The van der Waals surface area contributed by atoms with Crippen molar-refractivity contribution in [3.05, 3.63) is 72.7 Å². The van der Waals surface area contributed by atoms with Gasteiger partial charge in [0, 0.05) is 5.56 Å². The Morgan fingerprint density at radius 3 is 2.83 bits per heavy atom. The van der Waals surface area contributed by atoms with Gasteiger partial charge in [-0.25, -0.2) is 0 Å². The molecule has 2 amide bonds. The number of aromatic nitrogens is 3. The van der Waals surface area contributed by atoms with Gasteiger partial charge in [-0.1, -0.05) is 36.0 Å². The van der Waals surface area contributed by atoms with Crippen LogP contribution in [-0.2, 0) is 16.1 Å². The lowest BCUT2D eigenvalue weighted by atomic mass is 10.2. The van der Waals surface area contributed by atoms with Gasteiger partial charge in [-0.15, -0.1) is 10.2 Å². The number of anilines is 2. The lowest BCUT2D eigenvalue weighted by molar-refractivity contribution is -0.121. The Balaban J connectivity index is 1.45. The second kappa shape index (κ2) is 9.67. The highest BCUT2D eigenvalue weighted by atomic mass is 32.2. The first-order valence-electron chi connectivity index (χ1n) is 11.0. The number of benzene rings is 2. The zero-order valence-corrected chi connectivity index (χ0v) is 20.0. The van der Waals surface area contributed by atoms with Crippen molar-refractivity contribution in [3.8, 4) is 17.1 Å². The Morgan fingerprint density at radius 1 is 1.17 bits per heavy atom. The maximum atomic E-state index is 13.4. The molecule has 4 aromatic rings. The molecule has 0 saturated heterocycles. The van der Waals surface area contributed by atoms with Crippen LogP contribution in [-0.4, -0.2) is 45.5 Å². The fraction of sp³-hybridized carbons (Fsp3) is 0.200. The minimum atomic E-state index is -0.522. The maximum Gasteiger partial charge on any atom is 0.244 e. The van der Waals surface area contributed by atoms with Crippen LogP contribution in [0.2, 0.25) is 0 Å².